The molecular weight excluding hydrogens is 787 g/mol. The molecule has 1 saturated carbocycles. The lowest BCUT2D eigenvalue weighted by Crippen LogP contribution is -2.49. The van der Waals surface area contributed by atoms with Crippen molar-refractivity contribution in [2.45, 2.75) is 108 Å². The largest absolute Gasteiger partial charge is 0.453 e. The van der Waals surface area contributed by atoms with Crippen molar-refractivity contribution in [2.24, 2.45) is 5.92 Å². The molecule has 2 aromatic heterocycles. The second-order valence-electron chi connectivity index (χ2n) is 18.3. The quantitative estimate of drug-likeness (QED) is 0.110. The maximum absolute atomic E-state index is 13.9. The Morgan fingerprint density at radius 1 is 0.710 bits per heavy atom. The molecule has 62 heavy (non-hydrogen) atoms. The molecule has 3 saturated heterocycles. The van der Waals surface area contributed by atoms with E-state index in [1.54, 1.807) is 4.90 Å². The van der Waals surface area contributed by atoms with E-state index in [0.29, 0.717) is 13.1 Å². The Hall–Kier alpha value is -6.12. The van der Waals surface area contributed by atoms with Gasteiger partial charge < -0.3 is 44.8 Å². The fourth-order valence-electron chi connectivity index (χ4n) is 9.94. The monoisotopic (exact) mass is 843 g/mol. The Bertz CT molecular complexity index is 2490. The van der Waals surface area contributed by atoms with Gasteiger partial charge in [-0.1, -0.05) is 45.0 Å². The van der Waals surface area contributed by atoms with Crippen LogP contribution < -0.4 is 15.5 Å². The second-order valence-corrected chi connectivity index (χ2v) is 18.3. The first kappa shape index (κ1) is 41.2. The van der Waals surface area contributed by atoms with Gasteiger partial charge >= 0.3 is 12.2 Å². The number of ether oxygens (including phenoxy) is 2. The molecule has 15 nitrogen and oxygen atoms in total. The smallest absolute Gasteiger partial charge is 0.407 e. The summed E-state index contributed by atoms with van der Waals surface area (Å²) in [4.78, 5) is 74.3. The zero-order chi connectivity index (χ0) is 43.3. The maximum Gasteiger partial charge on any atom is 0.407 e. The molecule has 5 heterocycles. The zero-order valence-corrected chi connectivity index (χ0v) is 36.2. The fraction of sp³-hybridized carbons (Fsp3) is 0.489. The number of likely N-dealkylation sites (tertiary alicyclic amines) is 2. The molecular formula is C47H57N9O6. The fourth-order valence-corrected chi connectivity index (χ4v) is 9.94. The number of hydrogen-bond donors (Lipinski definition) is 4. The Kier molecular flexibility index (Phi) is 11.1. The lowest BCUT2D eigenvalue weighted by atomic mass is 9.87. The van der Waals surface area contributed by atoms with Crippen molar-refractivity contribution in [2.75, 3.05) is 38.8 Å². The number of rotatable bonds is 10. The van der Waals surface area contributed by atoms with Crippen LogP contribution >= 0.6 is 0 Å². The van der Waals surface area contributed by atoms with Crippen LogP contribution in [0.2, 0.25) is 0 Å². The summed E-state index contributed by atoms with van der Waals surface area (Å²) in [5, 5.41) is 5.31. The van der Waals surface area contributed by atoms with Crippen LogP contribution in [-0.2, 0) is 24.5 Å². The molecule has 1 aliphatic carbocycles. The SMILES string of the molecule is COC(=O)NCC(=O)N1CCC[C@H]1c1nc2cc([C@H]3CC[C@H](c4ccc5[nH]c([C@@H]6CCCN6C(=O)C(NC(=O)OC)C6CC6)nc5c4)N3c3ccc(C(C)(C)C)cc3)ccc2[nH]1. The predicted octanol–water partition coefficient (Wildman–Crippen LogP) is 7.64. The van der Waals surface area contributed by atoms with Gasteiger partial charge in [0.1, 0.15) is 24.2 Å². The summed E-state index contributed by atoms with van der Waals surface area (Å²) in [7, 11) is 2.60. The number of anilines is 1. The lowest BCUT2D eigenvalue weighted by molar-refractivity contribution is -0.135. The van der Waals surface area contributed by atoms with Gasteiger partial charge in [-0.2, -0.15) is 0 Å². The first-order chi connectivity index (χ1) is 29.9. The van der Waals surface area contributed by atoms with Gasteiger partial charge in [0.2, 0.25) is 11.8 Å². The summed E-state index contributed by atoms with van der Waals surface area (Å²) in [5.41, 5.74) is 8.32. The van der Waals surface area contributed by atoms with E-state index in [9.17, 15) is 19.2 Å². The third-order valence-electron chi connectivity index (χ3n) is 13.4. The van der Waals surface area contributed by atoms with Crippen LogP contribution in [0, 0.1) is 5.92 Å². The number of methoxy groups -OCH3 is 2. The Balaban J connectivity index is 0.997. The van der Waals surface area contributed by atoms with Crippen LogP contribution in [0.1, 0.15) is 125 Å². The summed E-state index contributed by atoms with van der Waals surface area (Å²) < 4.78 is 9.51. The Labute approximate surface area is 361 Å². The van der Waals surface area contributed by atoms with Gasteiger partial charge in [-0.15, -0.1) is 0 Å². The van der Waals surface area contributed by atoms with E-state index < -0.39 is 18.2 Å². The van der Waals surface area contributed by atoms with Crippen molar-refractivity contribution in [1.82, 2.24) is 40.4 Å². The van der Waals surface area contributed by atoms with Crippen LogP contribution in [0.15, 0.2) is 60.7 Å². The first-order valence-corrected chi connectivity index (χ1v) is 22.0. The number of aromatic amines is 2. The number of hydrogen-bond acceptors (Lipinski definition) is 9. The number of H-pyrrole nitrogens is 2. The highest BCUT2D eigenvalue weighted by Gasteiger charge is 2.44. The molecule has 3 aromatic carbocycles. The van der Waals surface area contributed by atoms with Gasteiger partial charge in [0.05, 0.1) is 60.5 Å². The van der Waals surface area contributed by atoms with Crippen LogP contribution in [-0.4, -0.2) is 93.6 Å². The third kappa shape index (κ3) is 8.04. The van der Waals surface area contributed by atoms with Gasteiger partial charge in [0.25, 0.3) is 0 Å². The van der Waals surface area contributed by atoms with Gasteiger partial charge in [-0.3, -0.25) is 9.59 Å². The zero-order valence-electron chi connectivity index (χ0n) is 36.2. The van der Waals surface area contributed by atoms with Crippen molar-refractivity contribution < 1.29 is 28.7 Å². The summed E-state index contributed by atoms with van der Waals surface area (Å²) in [6.45, 7) is 7.78. The minimum Gasteiger partial charge on any atom is -0.453 e. The van der Waals surface area contributed by atoms with E-state index in [4.69, 9.17) is 14.7 Å². The summed E-state index contributed by atoms with van der Waals surface area (Å²) >= 11 is 0. The van der Waals surface area contributed by atoms with E-state index >= 15 is 0 Å². The van der Waals surface area contributed by atoms with Crippen LogP contribution in [0.25, 0.3) is 22.1 Å². The molecule has 4 N–H and O–H groups in total. The van der Waals surface area contributed by atoms with Crippen molar-refractivity contribution in [1.29, 1.82) is 0 Å². The lowest BCUT2D eigenvalue weighted by Gasteiger charge is -2.34. The molecule has 3 aliphatic heterocycles. The van der Waals surface area contributed by atoms with Crippen LogP contribution in [0.4, 0.5) is 15.3 Å². The Morgan fingerprint density at radius 3 is 1.79 bits per heavy atom. The highest BCUT2D eigenvalue weighted by Crippen LogP contribution is 2.48. The first-order valence-electron chi connectivity index (χ1n) is 22.0. The molecule has 0 radical (unpaired) electrons. The minimum atomic E-state index is -0.634. The van der Waals surface area contributed by atoms with E-state index in [2.05, 4.69) is 112 Å². The summed E-state index contributed by atoms with van der Waals surface area (Å²) in [5.74, 6) is 1.40. The van der Waals surface area contributed by atoms with Gasteiger partial charge in [0, 0.05) is 18.8 Å². The van der Waals surface area contributed by atoms with Crippen molar-refractivity contribution in [3.05, 3.63) is 89.0 Å². The topological polar surface area (TPSA) is 178 Å². The van der Waals surface area contributed by atoms with Gasteiger partial charge in [-0.05, 0) is 116 Å². The van der Waals surface area contributed by atoms with E-state index in [-0.39, 0.29) is 53.9 Å². The van der Waals surface area contributed by atoms with Crippen molar-refractivity contribution in [3.8, 4) is 0 Å². The molecule has 1 unspecified atom stereocenters. The molecule has 0 bridgehead atoms. The number of nitrogens with zero attached hydrogens (tertiary/aromatic N) is 5. The average Bonchev–Trinajstić information content (AvgIpc) is 3.82. The molecule has 326 valence electrons. The molecule has 15 heteroatoms. The number of benzene rings is 3. The average molecular weight is 844 g/mol. The number of amides is 4. The number of fused-ring (bicyclic) bond motifs is 2. The van der Waals surface area contributed by atoms with Crippen LogP contribution in [0.5, 0.6) is 0 Å². The van der Waals surface area contributed by atoms with E-state index in [1.807, 2.05) is 4.90 Å². The molecule has 0 spiro atoms. The van der Waals surface area contributed by atoms with E-state index in [0.717, 1.165) is 90.8 Å². The number of carbonyl (C=O) groups is 4. The Morgan fingerprint density at radius 2 is 1.26 bits per heavy atom. The van der Waals surface area contributed by atoms with Crippen molar-refractivity contribution in [3.63, 3.8) is 0 Å². The number of imidazole rings is 2. The summed E-state index contributed by atoms with van der Waals surface area (Å²) in [6.07, 6.45) is 5.75. The number of alkyl carbamates (subject to hydrolysis) is 2. The van der Waals surface area contributed by atoms with Gasteiger partial charge in [0.15, 0.2) is 0 Å². The normalized spacial score (nSPS) is 22.0. The third-order valence-corrected chi connectivity index (χ3v) is 13.4. The number of carbonyl (C=O) groups excluding carboxylic acids is 4. The maximum atomic E-state index is 13.9. The molecule has 4 fully saturated rings. The van der Waals surface area contributed by atoms with Crippen LogP contribution in [0.3, 0.4) is 0 Å². The predicted molar refractivity (Wildman–Crippen MR) is 234 cm³/mol. The highest BCUT2D eigenvalue weighted by atomic mass is 16.5. The molecule has 4 amide bonds. The van der Waals surface area contributed by atoms with Crippen molar-refractivity contribution >= 4 is 51.8 Å². The second kappa shape index (κ2) is 16.6. The molecule has 9 rings (SSSR count). The minimum absolute atomic E-state index is 0.0152. The standard InChI is InChI=1S/C47H57N9O6/c1-47(2,3)30-14-16-31(17-15-30)56-36(28-12-18-32-34(24-28)51-42(49-32)38-8-6-22-54(38)40(57)26-48-45(59)61-4)20-21-37(56)29-13-19-33-35(25-29)52-43(50-33)39-9-7-23-55(39)44(58)41(27-10-11-27)53-46(60)62-5/h12-19,24-25,27,36-39,41H,6-11,20-23,26H2,1-5H3,(H,48,59)(H,49,51)(H,50,52)(H,53,60)/t36-,37-,38+,39+,41?/m1/s1. The molecule has 4 aliphatic rings. The summed E-state index contributed by atoms with van der Waals surface area (Å²) in [6, 6.07) is 21.1. The van der Waals surface area contributed by atoms with Gasteiger partial charge in [-0.25, -0.2) is 19.6 Å². The number of nitrogens with one attached hydrogen (secondary N) is 4. The molecule has 5 aromatic rings. The number of aromatic nitrogens is 4. The molecule has 5 atom stereocenters. The van der Waals surface area contributed by atoms with E-state index in [1.165, 1.54) is 30.9 Å². The highest BCUT2D eigenvalue weighted by molar-refractivity contribution is 5.87.